The first-order chi connectivity index (χ1) is 5.42. The zero-order valence-electron chi connectivity index (χ0n) is 7.34. The first-order valence-electron chi connectivity index (χ1n) is 3.88. The molecule has 1 rings (SSSR count). The number of nitrogens with zero attached hydrogens (tertiary/aromatic N) is 2. The number of hydrogen-bond acceptors (Lipinski definition) is 1. The fourth-order valence-electron chi connectivity index (χ4n) is 1.53. The molecule has 70 valence electrons. The van der Waals surface area contributed by atoms with Crippen LogP contribution in [0.25, 0.3) is 0 Å². The van der Waals surface area contributed by atoms with Crippen LogP contribution in [-0.2, 0) is 0 Å². The number of urea groups is 1. The molecule has 12 heavy (non-hydrogen) atoms. The predicted molar refractivity (Wildman–Crippen MR) is 48.9 cm³/mol. The van der Waals surface area contributed by atoms with Crippen molar-refractivity contribution in [3.05, 3.63) is 0 Å². The Morgan fingerprint density at radius 2 is 2.00 bits per heavy atom. The van der Waals surface area contributed by atoms with E-state index in [1.165, 1.54) is 4.42 Å². The number of rotatable bonds is 1. The first kappa shape index (κ1) is 9.93. The van der Waals surface area contributed by atoms with Crippen molar-refractivity contribution in [3.8, 4) is 0 Å². The first-order valence-corrected chi connectivity index (χ1v) is 4.55. The third-order valence-electron chi connectivity index (χ3n) is 2.33. The molecule has 0 spiro atoms. The van der Waals surface area contributed by atoms with E-state index in [2.05, 4.69) is 0 Å². The zero-order chi connectivity index (χ0) is 9.52. The minimum Gasteiger partial charge on any atom is -0.246 e. The SMILES string of the molecule is CCC1N(Cl)C(=O)N(Cl)C1(C)C. The molecule has 0 aliphatic carbocycles. The average molecular weight is 211 g/mol. The van der Waals surface area contributed by atoms with Gasteiger partial charge in [-0.2, -0.15) is 0 Å². The van der Waals surface area contributed by atoms with Gasteiger partial charge in [0, 0.05) is 23.6 Å². The highest BCUT2D eigenvalue weighted by atomic mass is 35.5. The topological polar surface area (TPSA) is 23.6 Å². The predicted octanol–water partition coefficient (Wildman–Crippen LogP) is 2.59. The maximum absolute atomic E-state index is 11.3. The Bertz CT molecular complexity index is 208. The van der Waals surface area contributed by atoms with E-state index in [-0.39, 0.29) is 12.1 Å². The quantitative estimate of drug-likeness (QED) is 0.611. The number of halogens is 2. The van der Waals surface area contributed by atoms with E-state index in [1.807, 2.05) is 20.8 Å². The summed E-state index contributed by atoms with van der Waals surface area (Å²) < 4.78 is 2.33. The lowest BCUT2D eigenvalue weighted by Crippen LogP contribution is -2.41. The van der Waals surface area contributed by atoms with Crippen LogP contribution in [0.3, 0.4) is 0 Å². The van der Waals surface area contributed by atoms with Crippen LogP contribution >= 0.6 is 23.6 Å². The van der Waals surface area contributed by atoms with Crippen LogP contribution in [0.2, 0.25) is 0 Å². The van der Waals surface area contributed by atoms with Gasteiger partial charge in [0.1, 0.15) is 0 Å². The lowest BCUT2D eigenvalue weighted by molar-refractivity contribution is 0.217. The molecule has 1 unspecified atom stereocenters. The van der Waals surface area contributed by atoms with E-state index >= 15 is 0 Å². The smallest absolute Gasteiger partial charge is 0.246 e. The van der Waals surface area contributed by atoms with E-state index in [0.29, 0.717) is 0 Å². The van der Waals surface area contributed by atoms with Crippen molar-refractivity contribution in [1.82, 2.24) is 8.84 Å². The Labute approximate surface area is 82.4 Å². The largest absolute Gasteiger partial charge is 0.350 e. The minimum atomic E-state index is -0.394. The van der Waals surface area contributed by atoms with Crippen molar-refractivity contribution in [3.63, 3.8) is 0 Å². The average Bonchev–Trinajstić information content (AvgIpc) is 2.13. The molecule has 1 heterocycles. The molecular formula is C7H12Cl2N2O. The maximum Gasteiger partial charge on any atom is 0.350 e. The van der Waals surface area contributed by atoms with E-state index in [1.54, 1.807) is 0 Å². The maximum atomic E-state index is 11.3. The van der Waals surface area contributed by atoms with Crippen molar-refractivity contribution < 1.29 is 4.79 Å². The van der Waals surface area contributed by atoms with Gasteiger partial charge in [-0.1, -0.05) is 6.92 Å². The molecule has 0 bridgehead atoms. The molecule has 1 aliphatic rings. The highest BCUT2D eigenvalue weighted by Gasteiger charge is 2.50. The minimum absolute atomic E-state index is 0.0239. The summed E-state index contributed by atoms with van der Waals surface area (Å²) in [5.41, 5.74) is -0.394. The van der Waals surface area contributed by atoms with Crippen LogP contribution in [0.5, 0.6) is 0 Å². The normalized spacial score (nSPS) is 28.4. The summed E-state index contributed by atoms with van der Waals surface area (Å²) in [7, 11) is 0. The molecule has 0 aromatic heterocycles. The zero-order valence-corrected chi connectivity index (χ0v) is 8.85. The molecule has 1 atom stereocenters. The van der Waals surface area contributed by atoms with Gasteiger partial charge in [-0.25, -0.2) is 13.6 Å². The van der Waals surface area contributed by atoms with Crippen molar-refractivity contribution >= 4 is 29.6 Å². The van der Waals surface area contributed by atoms with Crippen LogP contribution in [0.4, 0.5) is 4.79 Å². The van der Waals surface area contributed by atoms with E-state index in [0.717, 1.165) is 10.8 Å². The summed E-state index contributed by atoms with van der Waals surface area (Å²) in [4.78, 5) is 11.3. The Balaban J connectivity index is 2.96. The number of amides is 2. The van der Waals surface area contributed by atoms with Crippen molar-refractivity contribution in [2.75, 3.05) is 0 Å². The summed E-state index contributed by atoms with van der Waals surface area (Å²) >= 11 is 11.5. The van der Waals surface area contributed by atoms with Gasteiger partial charge in [0.2, 0.25) is 0 Å². The second kappa shape index (κ2) is 2.96. The monoisotopic (exact) mass is 210 g/mol. The second-order valence-corrected chi connectivity index (χ2v) is 4.15. The summed E-state index contributed by atoms with van der Waals surface area (Å²) in [5, 5.41) is 0. The number of hydrogen-bond donors (Lipinski definition) is 0. The summed E-state index contributed by atoms with van der Waals surface area (Å²) in [5.74, 6) is 0. The molecule has 0 radical (unpaired) electrons. The molecule has 0 aromatic carbocycles. The molecule has 2 amide bonds. The molecule has 5 heteroatoms. The lowest BCUT2D eigenvalue weighted by Gasteiger charge is -2.28. The Kier molecular flexibility index (Phi) is 2.45. The molecule has 0 N–H and O–H groups in total. The van der Waals surface area contributed by atoms with Gasteiger partial charge in [-0.15, -0.1) is 0 Å². The van der Waals surface area contributed by atoms with Gasteiger partial charge in [0.25, 0.3) is 0 Å². The number of carbonyl (C=O) groups is 1. The van der Waals surface area contributed by atoms with Crippen molar-refractivity contribution in [2.24, 2.45) is 0 Å². The third kappa shape index (κ3) is 1.15. The van der Waals surface area contributed by atoms with Crippen LogP contribution in [-0.4, -0.2) is 26.4 Å². The Morgan fingerprint density at radius 1 is 1.50 bits per heavy atom. The van der Waals surface area contributed by atoms with Crippen molar-refractivity contribution in [1.29, 1.82) is 0 Å². The van der Waals surface area contributed by atoms with Gasteiger partial charge >= 0.3 is 6.03 Å². The van der Waals surface area contributed by atoms with Crippen LogP contribution in [0.1, 0.15) is 27.2 Å². The highest BCUT2D eigenvalue weighted by Crippen LogP contribution is 2.36. The van der Waals surface area contributed by atoms with Crippen LogP contribution in [0.15, 0.2) is 0 Å². The van der Waals surface area contributed by atoms with Gasteiger partial charge in [-0.05, 0) is 20.3 Å². The molecule has 3 nitrogen and oxygen atoms in total. The second-order valence-electron chi connectivity index (χ2n) is 3.45. The molecular weight excluding hydrogens is 199 g/mol. The van der Waals surface area contributed by atoms with E-state index < -0.39 is 5.54 Å². The summed E-state index contributed by atoms with van der Waals surface area (Å²) in [6.45, 7) is 5.77. The number of carbonyl (C=O) groups excluding carboxylic acids is 1. The lowest BCUT2D eigenvalue weighted by atomic mass is 9.95. The van der Waals surface area contributed by atoms with Gasteiger partial charge in [0.05, 0.1) is 11.6 Å². The van der Waals surface area contributed by atoms with Gasteiger partial charge < -0.3 is 0 Å². The van der Waals surface area contributed by atoms with Crippen molar-refractivity contribution in [2.45, 2.75) is 38.8 Å². The third-order valence-corrected chi connectivity index (χ3v) is 3.29. The fourth-order valence-corrected chi connectivity index (χ4v) is 2.22. The molecule has 1 aliphatic heterocycles. The van der Waals surface area contributed by atoms with Crippen LogP contribution in [0, 0.1) is 0 Å². The Hall–Kier alpha value is -0.150. The highest BCUT2D eigenvalue weighted by molar-refractivity contribution is 6.29. The van der Waals surface area contributed by atoms with E-state index in [4.69, 9.17) is 23.6 Å². The summed E-state index contributed by atoms with van der Waals surface area (Å²) in [6, 6.07) is -0.362. The molecule has 1 saturated heterocycles. The van der Waals surface area contributed by atoms with Gasteiger partial charge in [-0.3, -0.25) is 0 Å². The molecule has 1 fully saturated rings. The van der Waals surface area contributed by atoms with E-state index in [9.17, 15) is 4.79 Å². The van der Waals surface area contributed by atoms with Gasteiger partial charge in [0.15, 0.2) is 0 Å². The molecule has 0 saturated carbocycles. The van der Waals surface area contributed by atoms with Crippen LogP contribution < -0.4 is 0 Å². The Morgan fingerprint density at radius 3 is 2.17 bits per heavy atom. The fraction of sp³-hybridized carbons (Fsp3) is 0.857. The molecule has 0 aromatic rings. The standard InChI is InChI=1S/C7H12Cl2N2O/c1-4-5-7(2,3)11(9)6(12)10(5)8/h5H,4H2,1-3H3. The summed E-state index contributed by atoms with van der Waals surface area (Å²) in [6.07, 6.45) is 0.797.